The SMILES string of the molecule is CC.CN1CCN(C(=O)CO)CC1. The van der Waals surface area contributed by atoms with Gasteiger partial charge in [-0.3, -0.25) is 4.79 Å². The van der Waals surface area contributed by atoms with Crippen LogP contribution in [0.4, 0.5) is 0 Å². The van der Waals surface area contributed by atoms with Gasteiger partial charge >= 0.3 is 0 Å². The van der Waals surface area contributed by atoms with Crippen LogP contribution in [0, 0.1) is 0 Å². The van der Waals surface area contributed by atoms with Crippen LogP contribution in [-0.2, 0) is 4.79 Å². The molecular formula is C9H20N2O2. The smallest absolute Gasteiger partial charge is 0.248 e. The van der Waals surface area contributed by atoms with E-state index < -0.39 is 0 Å². The number of rotatable bonds is 1. The van der Waals surface area contributed by atoms with Crippen LogP contribution in [0.25, 0.3) is 0 Å². The van der Waals surface area contributed by atoms with Gasteiger partial charge in [0.05, 0.1) is 0 Å². The Labute approximate surface area is 80.1 Å². The van der Waals surface area contributed by atoms with Crippen molar-refractivity contribution in [3.8, 4) is 0 Å². The first-order valence-electron chi connectivity index (χ1n) is 4.81. The fourth-order valence-electron chi connectivity index (χ4n) is 1.16. The van der Waals surface area contributed by atoms with Crippen LogP contribution in [0.3, 0.4) is 0 Å². The molecule has 0 aliphatic carbocycles. The summed E-state index contributed by atoms with van der Waals surface area (Å²) in [6.45, 7) is 6.95. The lowest BCUT2D eigenvalue weighted by Crippen LogP contribution is -2.48. The highest BCUT2D eigenvalue weighted by Crippen LogP contribution is 1.98. The van der Waals surface area contributed by atoms with E-state index in [4.69, 9.17) is 5.11 Å². The molecule has 0 aromatic carbocycles. The Hall–Kier alpha value is -0.610. The molecule has 0 spiro atoms. The summed E-state index contributed by atoms with van der Waals surface area (Å²) in [4.78, 5) is 14.8. The van der Waals surface area contributed by atoms with Crippen molar-refractivity contribution in [2.24, 2.45) is 0 Å². The van der Waals surface area contributed by atoms with Crippen molar-refractivity contribution >= 4 is 5.91 Å². The maximum absolute atomic E-state index is 10.9. The van der Waals surface area contributed by atoms with E-state index in [1.165, 1.54) is 0 Å². The zero-order valence-electron chi connectivity index (χ0n) is 8.79. The predicted molar refractivity (Wildman–Crippen MR) is 52.5 cm³/mol. The summed E-state index contributed by atoms with van der Waals surface area (Å²) in [7, 11) is 2.03. The first-order valence-corrected chi connectivity index (χ1v) is 4.81. The number of hydrogen-bond acceptors (Lipinski definition) is 3. The van der Waals surface area contributed by atoms with E-state index >= 15 is 0 Å². The normalized spacial score (nSPS) is 17.7. The molecule has 1 heterocycles. The summed E-state index contributed by atoms with van der Waals surface area (Å²) in [5.41, 5.74) is 0. The predicted octanol–water partition coefficient (Wildman–Crippen LogP) is -0.221. The second-order valence-electron chi connectivity index (χ2n) is 2.84. The number of nitrogens with zero attached hydrogens (tertiary/aromatic N) is 2. The average Bonchev–Trinajstić information content (AvgIpc) is 2.21. The Morgan fingerprint density at radius 3 is 2.08 bits per heavy atom. The Bertz CT molecular complexity index is 143. The Morgan fingerprint density at radius 1 is 1.23 bits per heavy atom. The third kappa shape index (κ3) is 4.24. The van der Waals surface area contributed by atoms with E-state index in [2.05, 4.69) is 4.90 Å². The highest BCUT2D eigenvalue weighted by molar-refractivity contribution is 5.77. The lowest BCUT2D eigenvalue weighted by Gasteiger charge is -2.31. The van der Waals surface area contributed by atoms with Crippen LogP contribution in [0.15, 0.2) is 0 Å². The highest BCUT2D eigenvalue weighted by Gasteiger charge is 2.17. The Kier molecular flexibility index (Phi) is 6.54. The van der Waals surface area contributed by atoms with Crippen LogP contribution < -0.4 is 0 Å². The third-order valence-corrected chi connectivity index (χ3v) is 1.99. The van der Waals surface area contributed by atoms with Gasteiger partial charge in [0.1, 0.15) is 6.61 Å². The minimum absolute atomic E-state index is 0.155. The summed E-state index contributed by atoms with van der Waals surface area (Å²) in [6, 6.07) is 0. The van der Waals surface area contributed by atoms with Crippen molar-refractivity contribution in [2.75, 3.05) is 39.8 Å². The van der Waals surface area contributed by atoms with Crippen molar-refractivity contribution in [1.82, 2.24) is 9.80 Å². The van der Waals surface area contributed by atoms with Gasteiger partial charge in [0.15, 0.2) is 0 Å². The first-order chi connectivity index (χ1) is 6.24. The molecule has 0 saturated carbocycles. The van der Waals surface area contributed by atoms with E-state index in [9.17, 15) is 4.79 Å². The minimum atomic E-state index is -0.357. The topological polar surface area (TPSA) is 43.8 Å². The molecule has 1 rings (SSSR count). The molecule has 0 aromatic heterocycles. The summed E-state index contributed by atoms with van der Waals surface area (Å²) >= 11 is 0. The van der Waals surface area contributed by atoms with Crippen molar-refractivity contribution in [1.29, 1.82) is 0 Å². The molecule has 4 heteroatoms. The number of hydrogen-bond donors (Lipinski definition) is 1. The molecular weight excluding hydrogens is 168 g/mol. The second kappa shape index (κ2) is 6.86. The average molecular weight is 188 g/mol. The number of carbonyl (C=O) groups excluding carboxylic acids is 1. The molecule has 0 bridgehead atoms. The maximum atomic E-state index is 10.9. The molecule has 1 amide bonds. The van der Waals surface area contributed by atoms with E-state index in [0.29, 0.717) is 0 Å². The fourth-order valence-corrected chi connectivity index (χ4v) is 1.16. The molecule has 0 radical (unpaired) electrons. The molecule has 13 heavy (non-hydrogen) atoms. The van der Waals surface area contributed by atoms with Crippen molar-refractivity contribution in [3.05, 3.63) is 0 Å². The molecule has 78 valence electrons. The van der Waals surface area contributed by atoms with Crippen molar-refractivity contribution in [3.63, 3.8) is 0 Å². The molecule has 0 unspecified atom stereocenters. The number of aliphatic hydroxyl groups is 1. The van der Waals surface area contributed by atoms with Gasteiger partial charge in [-0.25, -0.2) is 0 Å². The molecule has 1 aliphatic heterocycles. The van der Waals surface area contributed by atoms with Gasteiger partial charge in [-0.15, -0.1) is 0 Å². The van der Waals surface area contributed by atoms with Crippen molar-refractivity contribution in [2.45, 2.75) is 13.8 Å². The number of amides is 1. The van der Waals surface area contributed by atoms with Crippen LogP contribution >= 0.6 is 0 Å². The second-order valence-corrected chi connectivity index (χ2v) is 2.84. The summed E-state index contributed by atoms with van der Waals surface area (Å²) in [5, 5.41) is 8.55. The van der Waals surface area contributed by atoms with Gasteiger partial charge in [0, 0.05) is 26.2 Å². The lowest BCUT2D eigenvalue weighted by atomic mass is 10.3. The Balaban J connectivity index is 0.000000671. The third-order valence-electron chi connectivity index (χ3n) is 1.99. The molecule has 4 nitrogen and oxygen atoms in total. The van der Waals surface area contributed by atoms with E-state index in [1.807, 2.05) is 20.9 Å². The van der Waals surface area contributed by atoms with Gasteiger partial charge in [-0.05, 0) is 7.05 Å². The standard InChI is InChI=1S/C7H14N2O2.C2H6/c1-8-2-4-9(5-3-8)7(11)6-10;1-2/h10H,2-6H2,1H3;1-2H3. The summed E-state index contributed by atoms with van der Waals surface area (Å²) in [5.74, 6) is -0.155. The summed E-state index contributed by atoms with van der Waals surface area (Å²) < 4.78 is 0. The monoisotopic (exact) mass is 188 g/mol. The number of likely N-dealkylation sites (N-methyl/N-ethyl adjacent to an activating group) is 1. The zero-order valence-corrected chi connectivity index (χ0v) is 8.79. The molecule has 1 fully saturated rings. The van der Waals surface area contributed by atoms with Crippen molar-refractivity contribution < 1.29 is 9.90 Å². The largest absolute Gasteiger partial charge is 0.387 e. The number of aliphatic hydroxyl groups excluding tert-OH is 1. The molecule has 0 atom stereocenters. The van der Waals surface area contributed by atoms with Gasteiger partial charge in [-0.1, -0.05) is 13.8 Å². The van der Waals surface area contributed by atoms with Gasteiger partial charge in [-0.2, -0.15) is 0 Å². The van der Waals surface area contributed by atoms with Crippen LogP contribution in [0.2, 0.25) is 0 Å². The molecule has 1 N–H and O–H groups in total. The molecule has 1 saturated heterocycles. The Morgan fingerprint density at radius 2 is 1.69 bits per heavy atom. The van der Waals surface area contributed by atoms with E-state index in [0.717, 1.165) is 26.2 Å². The van der Waals surface area contributed by atoms with Crippen LogP contribution in [-0.4, -0.2) is 60.6 Å². The van der Waals surface area contributed by atoms with Crippen LogP contribution in [0.5, 0.6) is 0 Å². The number of piperazine rings is 1. The van der Waals surface area contributed by atoms with Gasteiger partial charge in [0.2, 0.25) is 5.91 Å². The summed E-state index contributed by atoms with van der Waals surface area (Å²) in [6.07, 6.45) is 0. The quantitative estimate of drug-likeness (QED) is 0.618. The minimum Gasteiger partial charge on any atom is -0.387 e. The van der Waals surface area contributed by atoms with E-state index in [-0.39, 0.29) is 12.5 Å². The first kappa shape index (κ1) is 12.4. The van der Waals surface area contributed by atoms with Gasteiger partial charge in [0.25, 0.3) is 0 Å². The fraction of sp³-hybridized carbons (Fsp3) is 0.889. The van der Waals surface area contributed by atoms with E-state index in [1.54, 1.807) is 4.90 Å². The van der Waals surface area contributed by atoms with Crippen LogP contribution in [0.1, 0.15) is 13.8 Å². The molecule has 1 aliphatic rings. The lowest BCUT2D eigenvalue weighted by molar-refractivity contribution is -0.135. The molecule has 0 aromatic rings. The van der Waals surface area contributed by atoms with Gasteiger partial charge < -0.3 is 14.9 Å². The maximum Gasteiger partial charge on any atom is 0.248 e. The number of carbonyl (C=O) groups is 1. The highest BCUT2D eigenvalue weighted by atomic mass is 16.3. The zero-order chi connectivity index (χ0) is 10.3.